The molecule has 2 amide bonds. The van der Waals surface area contributed by atoms with Crippen molar-refractivity contribution in [1.29, 1.82) is 0 Å². The van der Waals surface area contributed by atoms with Gasteiger partial charge in [0.25, 0.3) is 5.91 Å². The van der Waals surface area contributed by atoms with Crippen LogP contribution in [-0.2, 0) is 36.0 Å². The zero-order valence-corrected chi connectivity index (χ0v) is 21.7. The van der Waals surface area contributed by atoms with Gasteiger partial charge in [-0.15, -0.1) is 0 Å². The quantitative estimate of drug-likeness (QED) is 0.405. The first kappa shape index (κ1) is 24.6. The average molecular weight is 541 g/mol. The Morgan fingerprint density at radius 3 is 2.88 bits per heavy atom. The van der Waals surface area contributed by atoms with Gasteiger partial charge in [-0.2, -0.15) is 0 Å². The molecule has 202 valence electrons. The number of amides is 2. The SMILES string of the molecule is CCc1cnc2n1C[C@H](c1cccc(F)c1F)C[C@@H]2NC(=O)c1cnc2c(c1)CC1(C2)C(=O)Nc2ncccc21. The van der Waals surface area contributed by atoms with Gasteiger partial charge in [-0.1, -0.05) is 25.1 Å². The standard InChI is InChI=1S/C30H26F2N6O2/c1-2-19-14-35-27-23(10-18(15-38(19)27)20-5-3-7-22(31)25(20)32)36-28(39)17-9-16-11-30(12-24(16)34-13-17)21-6-4-8-33-26(21)37-29(30)40/h3-9,13-14,18,23H,2,10-12,15H2,1H3,(H,36,39)(H,33,37,40)/t18-,23+,30?/m1/s1. The molecule has 0 bridgehead atoms. The Hall–Kier alpha value is -4.47. The van der Waals surface area contributed by atoms with E-state index in [0.717, 1.165) is 35.0 Å². The summed E-state index contributed by atoms with van der Waals surface area (Å²) in [5.41, 5.74) is 3.32. The maximum Gasteiger partial charge on any atom is 0.253 e. The third-order valence-electron chi connectivity index (χ3n) is 8.57. The maximum absolute atomic E-state index is 14.8. The summed E-state index contributed by atoms with van der Waals surface area (Å²) < 4.78 is 30.8. The van der Waals surface area contributed by atoms with E-state index in [4.69, 9.17) is 0 Å². The number of rotatable bonds is 4. The number of carbonyl (C=O) groups is 2. The second kappa shape index (κ2) is 9.04. The molecular formula is C30H26F2N6O2. The third-order valence-corrected chi connectivity index (χ3v) is 8.57. The molecule has 3 aliphatic rings. The van der Waals surface area contributed by atoms with Crippen molar-refractivity contribution in [3.63, 3.8) is 0 Å². The van der Waals surface area contributed by atoms with Gasteiger partial charge < -0.3 is 15.2 Å². The number of hydrogen-bond acceptors (Lipinski definition) is 5. The van der Waals surface area contributed by atoms with Gasteiger partial charge in [0.2, 0.25) is 5.91 Å². The van der Waals surface area contributed by atoms with Crippen LogP contribution in [0.1, 0.15) is 69.6 Å². The lowest BCUT2D eigenvalue weighted by molar-refractivity contribution is -0.120. The van der Waals surface area contributed by atoms with Crippen molar-refractivity contribution in [1.82, 2.24) is 24.8 Å². The summed E-state index contributed by atoms with van der Waals surface area (Å²) in [7, 11) is 0. The summed E-state index contributed by atoms with van der Waals surface area (Å²) in [6.07, 6.45) is 6.90. The molecule has 5 heterocycles. The highest BCUT2D eigenvalue weighted by molar-refractivity contribution is 6.06. The highest BCUT2D eigenvalue weighted by Gasteiger charge is 2.51. The number of hydrogen-bond donors (Lipinski definition) is 2. The van der Waals surface area contributed by atoms with Crippen molar-refractivity contribution < 1.29 is 18.4 Å². The number of carbonyl (C=O) groups excluding carboxylic acids is 2. The lowest BCUT2D eigenvalue weighted by Crippen LogP contribution is -2.36. The Morgan fingerprint density at radius 2 is 2.02 bits per heavy atom. The molecule has 0 fully saturated rings. The van der Waals surface area contributed by atoms with Gasteiger partial charge in [-0.25, -0.2) is 18.7 Å². The largest absolute Gasteiger partial charge is 0.342 e. The van der Waals surface area contributed by atoms with E-state index < -0.39 is 23.1 Å². The molecule has 0 saturated carbocycles. The van der Waals surface area contributed by atoms with Crippen LogP contribution in [0.2, 0.25) is 0 Å². The summed E-state index contributed by atoms with van der Waals surface area (Å²) in [4.78, 5) is 40.0. The number of halogens is 2. The van der Waals surface area contributed by atoms with E-state index >= 15 is 0 Å². The molecule has 40 heavy (non-hydrogen) atoms. The zero-order chi connectivity index (χ0) is 27.6. The first-order valence-electron chi connectivity index (χ1n) is 13.4. The van der Waals surface area contributed by atoms with E-state index in [0.29, 0.717) is 43.0 Å². The van der Waals surface area contributed by atoms with E-state index in [1.165, 1.54) is 12.3 Å². The molecule has 3 atom stereocenters. The molecule has 0 radical (unpaired) electrons. The predicted octanol–water partition coefficient (Wildman–Crippen LogP) is 4.16. The van der Waals surface area contributed by atoms with E-state index in [-0.39, 0.29) is 23.3 Å². The first-order chi connectivity index (χ1) is 19.4. The second-order valence-corrected chi connectivity index (χ2v) is 10.8. The fourth-order valence-corrected chi connectivity index (χ4v) is 6.55. The Morgan fingerprint density at radius 1 is 1.15 bits per heavy atom. The number of nitrogens with zero attached hydrogens (tertiary/aromatic N) is 4. The molecule has 2 N–H and O–H groups in total. The summed E-state index contributed by atoms with van der Waals surface area (Å²) >= 11 is 0. The van der Waals surface area contributed by atoms with Crippen LogP contribution in [0.15, 0.2) is 55.0 Å². The average Bonchev–Trinajstić information content (AvgIpc) is 3.63. The molecule has 1 spiro atoms. The van der Waals surface area contributed by atoms with Crippen molar-refractivity contribution in [2.75, 3.05) is 5.32 Å². The molecule has 1 aromatic carbocycles. The molecule has 0 saturated heterocycles. The summed E-state index contributed by atoms with van der Waals surface area (Å²) in [6.45, 7) is 2.46. The van der Waals surface area contributed by atoms with E-state index in [1.807, 2.05) is 23.6 Å². The number of aryl methyl sites for hydroxylation is 1. The van der Waals surface area contributed by atoms with Gasteiger partial charge in [-0.05, 0) is 48.6 Å². The summed E-state index contributed by atoms with van der Waals surface area (Å²) in [5.74, 6) is -1.28. The van der Waals surface area contributed by atoms with Crippen LogP contribution in [-0.4, -0.2) is 31.3 Å². The fraction of sp³-hybridized carbons (Fsp3) is 0.300. The number of aromatic nitrogens is 4. The van der Waals surface area contributed by atoms with E-state index in [2.05, 4.69) is 25.6 Å². The second-order valence-electron chi connectivity index (χ2n) is 10.8. The van der Waals surface area contributed by atoms with Gasteiger partial charge in [0.1, 0.15) is 11.6 Å². The summed E-state index contributed by atoms with van der Waals surface area (Å²) in [5, 5.41) is 5.95. The molecule has 2 aliphatic heterocycles. The molecule has 1 unspecified atom stereocenters. The van der Waals surface area contributed by atoms with Crippen molar-refractivity contribution in [3.05, 3.63) is 106 Å². The van der Waals surface area contributed by atoms with Crippen LogP contribution < -0.4 is 10.6 Å². The van der Waals surface area contributed by atoms with Gasteiger partial charge in [0, 0.05) is 54.4 Å². The Balaban J connectivity index is 1.17. The predicted molar refractivity (Wildman–Crippen MR) is 142 cm³/mol. The number of imidazole rings is 1. The Kier molecular flexibility index (Phi) is 5.55. The highest BCUT2D eigenvalue weighted by atomic mass is 19.2. The third kappa shape index (κ3) is 3.65. The van der Waals surface area contributed by atoms with Crippen LogP contribution in [0.3, 0.4) is 0 Å². The monoisotopic (exact) mass is 540 g/mol. The molecule has 10 heteroatoms. The number of fused-ring (bicyclic) bond motifs is 4. The lowest BCUT2D eigenvalue weighted by atomic mass is 9.80. The fourth-order valence-electron chi connectivity index (χ4n) is 6.55. The van der Waals surface area contributed by atoms with Crippen LogP contribution in [0, 0.1) is 11.6 Å². The number of benzene rings is 1. The lowest BCUT2D eigenvalue weighted by Gasteiger charge is -2.32. The minimum Gasteiger partial charge on any atom is -0.342 e. The number of anilines is 1. The first-order valence-corrected chi connectivity index (χ1v) is 13.4. The Labute approximate surface area is 228 Å². The van der Waals surface area contributed by atoms with Gasteiger partial charge in [-0.3, -0.25) is 14.6 Å². The molecule has 4 aromatic rings. The normalized spacial score (nSPS) is 22.5. The smallest absolute Gasteiger partial charge is 0.253 e. The number of nitrogens with one attached hydrogen (secondary N) is 2. The maximum atomic E-state index is 14.8. The van der Waals surface area contributed by atoms with Gasteiger partial charge >= 0.3 is 0 Å². The van der Waals surface area contributed by atoms with E-state index in [1.54, 1.807) is 24.5 Å². The molecular weight excluding hydrogens is 514 g/mol. The number of pyridine rings is 2. The minimum atomic E-state index is -0.887. The molecule has 3 aromatic heterocycles. The van der Waals surface area contributed by atoms with Gasteiger partial charge in [0.05, 0.1) is 17.0 Å². The van der Waals surface area contributed by atoms with E-state index in [9.17, 15) is 18.4 Å². The topological polar surface area (TPSA) is 102 Å². The van der Waals surface area contributed by atoms with Crippen molar-refractivity contribution in [2.45, 2.75) is 56.5 Å². The highest BCUT2D eigenvalue weighted by Crippen LogP contribution is 2.46. The minimum absolute atomic E-state index is 0.110. The van der Waals surface area contributed by atoms with Crippen LogP contribution in [0.25, 0.3) is 0 Å². The van der Waals surface area contributed by atoms with Crippen LogP contribution in [0.4, 0.5) is 14.6 Å². The zero-order valence-electron chi connectivity index (χ0n) is 21.7. The van der Waals surface area contributed by atoms with Crippen LogP contribution in [0.5, 0.6) is 0 Å². The van der Waals surface area contributed by atoms with Crippen molar-refractivity contribution in [2.24, 2.45) is 0 Å². The Bertz CT molecular complexity index is 1700. The summed E-state index contributed by atoms with van der Waals surface area (Å²) in [6, 6.07) is 9.23. The van der Waals surface area contributed by atoms with Crippen LogP contribution >= 0.6 is 0 Å². The molecule has 7 rings (SSSR count). The molecule has 8 nitrogen and oxygen atoms in total. The van der Waals surface area contributed by atoms with Crippen molar-refractivity contribution in [3.8, 4) is 0 Å². The van der Waals surface area contributed by atoms with Gasteiger partial charge in [0.15, 0.2) is 11.6 Å². The van der Waals surface area contributed by atoms with Crippen molar-refractivity contribution >= 4 is 17.6 Å². The molecule has 1 aliphatic carbocycles.